The van der Waals surface area contributed by atoms with Crippen LogP contribution in [-0.2, 0) is 0 Å². The second kappa shape index (κ2) is 8.33. The molecule has 132 valence electrons. The maximum absolute atomic E-state index is 8.87. The molecule has 0 spiro atoms. The molecule has 1 saturated carbocycles. The van der Waals surface area contributed by atoms with E-state index in [9.17, 15) is 0 Å². The highest BCUT2D eigenvalue weighted by atomic mass is 15.1. The summed E-state index contributed by atoms with van der Waals surface area (Å²) in [6, 6.07) is 9.55. The topological polar surface area (TPSA) is 99.6 Å². The fourth-order valence-electron chi connectivity index (χ4n) is 2.63. The van der Waals surface area contributed by atoms with Gasteiger partial charge in [0.05, 0.1) is 23.4 Å². The lowest BCUT2D eigenvalue weighted by molar-refractivity contribution is 0.335. The van der Waals surface area contributed by atoms with Crippen LogP contribution in [0.15, 0.2) is 30.5 Å². The van der Waals surface area contributed by atoms with Crippen molar-refractivity contribution >= 4 is 17.5 Å². The lowest BCUT2D eigenvalue weighted by Gasteiger charge is -2.27. The highest BCUT2D eigenvalue weighted by molar-refractivity contribution is 5.60. The molecule has 0 amide bonds. The summed E-state index contributed by atoms with van der Waals surface area (Å²) in [6.45, 7) is 2.92. The molecule has 0 unspecified atom stereocenters. The SMILES string of the molecule is CCCNc1nc(Nc2ccc(C#N)cc2)ncc1C#C[C@H]1C[C@@H](N)C1. The molecule has 1 heterocycles. The minimum atomic E-state index is 0.294. The Labute approximate surface area is 153 Å². The second-order valence-electron chi connectivity index (χ2n) is 6.39. The van der Waals surface area contributed by atoms with E-state index in [1.54, 1.807) is 18.3 Å². The van der Waals surface area contributed by atoms with E-state index in [0.29, 0.717) is 23.5 Å². The predicted molar refractivity (Wildman–Crippen MR) is 103 cm³/mol. The van der Waals surface area contributed by atoms with Crippen LogP contribution in [0.25, 0.3) is 0 Å². The first kappa shape index (κ1) is 17.7. The van der Waals surface area contributed by atoms with Crippen LogP contribution in [0.5, 0.6) is 0 Å². The van der Waals surface area contributed by atoms with E-state index in [1.165, 1.54) is 0 Å². The molecule has 0 radical (unpaired) electrons. The van der Waals surface area contributed by atoms with E-state index in [0.717, 1.165) is 42.9 Å². The Balaban J connectivity index is 1.77. The normalized spacial score (nSPS) is 18.0. The second-order valence-corrected chi connectivity index (χ2v) is 6.39. The van der Waals surface area contributed by atoms with Crippen molar-refractivity contribution in [2.75, 3.05) is 17.2 Å². The monoisotopic (exact) mass is 346 g/mol. The van der Waals surface area contributed by atoms with Gasteiger partial charge in [-0.25, -0.2) is 4.98 Å². The summed E-state index contributed by atoms with van der Waals surface area (Å²) in [5.74, 6) is 8.05. The number of nitriles is 1. The lowest BCUT2D eigenvalue weighted by atomic mass is 9.81. The number of nitrogens with one attached hydrogen (secondary N) is 2. The number of rotatable bonds is 5. The number of hydrogen-bond donors (Lipinski definition) is 3. The van der Waals surface area contributed by atoms with Gasteiger partial charge >= 0.3 is 0 Å². The first-order chi connectivity index (χ1) is 12.7. The molecule has 0 aliphatic heterocycles. The van der Waals surface area contributed by atoms with Crippen molar-refractivity contribution in [3.8, 4) is 17.9 Å². The molecule has 1 aromatic carbocycles. The van der Waals surface area contributed by atoms with E-state index in [-0.39, 0.29) is 0 Å². The van der Waals surface area contributed by atoms with Gasteiger partial charge in [0.1, 0.15) is 5.82 Å². The van der Waals surface area contributed by atoms with E-state index in [2.05, 4.69) is 45.4 Å². The average Bonchev–Trinajstić information content (AvgIpc) is 2.64. The molecule has 0 atom stereocenters. The summed E-state index contributed by atoms with van der Waals surface area (Å²) < 4.78 is 0. The van der Waals surface area contributed by atoms with E-state index in [4.69, 9.17) is 11.0 Å². The summed E-state index contributed by atoms with van der Waals surface area (Å²) in [6.07, 6.45) is 4.66. The van der Waals surface area contributed by atoms with Crippen LogP contribution in [-0.4, -0.2) is 22.6 Å². The summed E-state index contributed by atoms with van der Waals surface area (Å²) in [5.41, 5.74) is 8.05. The zero-order chi connectivity index (χ0) is 18.4. The fourth-order valence-corrected chi connectivity index (χ4v) is 2.63. The van der Waals surface area contributed by atoms with Gasteiger partial charge in [-0.2, -0.15) is 10.2 Å². The third-order valence-corrected chi connectivity index (χ3v) is 4.19. The predicted octanol–water partition coefficient (Wildman–Crippen LogP) is 3.00. The molecule has 1 fully saturated rings. The van der Waals surface area contributed by atoms with Gasteiger partial charge in [-0.15, -0.1) is 0 Å². The summed E-state index contributed by atoms with van der Waals surface area (Å²) >= 11 is 0. The average molecular weight is 346 g/mol. The van der Waals surface area contributed by atoms with Crippen LogP contribution in [0.2, 0.25) is 0 Å². The van der Waals surface area contributed by atoms with E-state index < -0.39 is 0 Å². The molecular weight excluding hydrogens is 324 g/mol. The third kappa shape index (κ3) is 4.50. The molecule has 1 aliphatic rings. The Morgan fingerprint density at radius 2 is 2.04 bits per heavy atom. The number of hydrogen-bond acceptors (Lipinski definition) is 6. The molecule has 6 nitrogen and oxygen atoms in total. The summed E-state index contributed by atoms with van der Waals surface area (Å²) in [7, 11) is 0. The fraction of sp³-hybridized carbons (Fsp3) is 0.350. The highest BCUT2D eigenvalue weighted by Crippen LogP contribution is 2.25. The first-order valence-electron chi connectivity index (χ1n) is 8.83. The first-order valence-corrected chi connectivity index (χ1v) is 8.83. The minimum absolute atomic E-state index is 0.294. The molecule has 4 N–H and O–H groups in total. The Morgan fingerprint density at radius 3 is 2.69 bits per heavy atom. The summed E-state index contributed by atoms with van der Waals surface area (Å²) in [4.78, 5) is 8.93. The van der Waals surface area contributed by atoms with Crippen LogP contribution < -0.4 is 16.4 Å². The molecular formula is C20H22N6. The van der Waals surface area contributed by atoms with Crippen molar-refractivity contribution in [3.05, 3.63) is 41.6 Å². The Morgan fingerprint density at radius 1 is 1.27 bits per heavy atom. The maximum atomic E-state index is 8.87. The van der Waals surface area contributed by atoms with Gasteiger partial charge in [-0.3, -0.25) is 0 Å². The molecule has 0 saturated heterocycles. The van der Waals surface area contributed by atoms with E-state index >= 15 is 0 Å². The van der Waals surface area contributed by atoms with Gasteiger partial charge in [-0.1, -0.05) is 18.8 Å². The van der Waals surface area contributed by atoms with Gasteiger partial charge in [0.25, 0.3) is 0 Å². The maximum Gasteiger partial charge on any atom is 0.229 e. The quantitative estimate of drug-likeness (QED) is 0.720. The Bertz CT molecular complexity index is 851. The molecule has 1 aliphatic carbocycles. The van der Waals surface area contributed by atoms with Gasteiger partial charge in [0.2, 0.25) is 5.95 Å². The van der Waals surface area contributed by atoms with Gasteiger partial charge in [-0.05, 0) is 43.5 Å². The minimum Gasteiger partial charge on any atom is -0.369 e. The third-order valence-electron chi connectivity index (χ3n) is 4.19. The van der Waals surface area contributed by atoms with Crippen LogP contribution >= 0.6 is 0 Å². The molecule has 6 heteroatoms. The molecule has 3 rings (SSSR count). The lowest BCUT2D eigenvalue weighted by Crippen LogP contribution is -2.35. The van der Waals surface area contributed by atoms with Crippen molar-refractivity contribution in [2.45, 2.75) is 32.2 Å². The zero-order valence-corrected chi connectivity index (χ0v) is 14.8. The standard InChI is InChI=1S/C20H22N6/c1-2-9-23-19-16(6-3-15-10-17(22)11-15)13-24-20(26-19)25-18-7-4-14(12-21)5-8-18/h4-5,7-8,13,15,17H,2,9-11,22H2,1H3,(H2,23,24,25,26)/t15-,17+. The van der Waals surface area contributed by atoms with Crippen LogP contribution in [0.1, 0.15) is 37.3 Å². The van der Waals surface area contributed by atoms with E-state index in [1.807, 2.05) is 12.1 Å². The summed E-state index contributed by atoms with van der Waals surface area (Å²) in [5, 5.41) is 15.3. The van der Waals surface area contributed by atoms with Crippen LogP contribution in [0, 0.1) is 29.1 Å². The highest BCUT2D eigenvalue weighted by Gasteiger charge is 2.23. The van der Waals surface area contributed by atoms with Crippen molar-refractivity contribution in [2.24, 2.45) is 11.7 Å². The van der Waals surface area contributed by atoms with Crippen molar-refractivity contribution < 1.29 is 0 Å². The van der Waals surface area contributed by atoms with Crippen molar-refractivity contribution in [1.82, 2.24) is 9.97 Å². The van der Waals surface area contributed by atoms with Gasteiger partial charge < -0.3 is 16.4 Å². The largest absolute Gasteiger partial charge is 0.369 e. The van der Waals surface area contributed by atoms with Crippen molar-refractivity contribution in [1.29, 1.82) is 5.26 Å². The Kier molecular flexibility index (Phi) is 5.68. The molecule has 2 aromatic rings. The van der Waals surface area contributed by atoms with Crippen LogP contribution in [0.3, 0.4) is 0 Å². The van der Waals surface area contributed by atoms with Gasteiger partial charge in [0.15, 0.2) is 0 Å². The smallest absolute Gasteiger partial charge is 0.229 e. The zero-order valence-electron chi connectivity index (χ0n) is 14.8. The van der Waals surface area contributed by atoms with Crippen LogP contribution in [0.4, 0.5) is 17.5 Å². The molecule has 1 aromatic heterocycles. The number of aromatic nitrogens is 2. The number of nitrogens with zero attached hydrogens (tertiary/aromatic N) is 3. The Hall–Kier alpha value is -3.09. The molecule has 0 bridgehead atoms. The molecule has 26 heavy (non-hydrogen) atoms. The van der Waals surface area contributed by atoms with Crippen molar-refractivity contribution in [3.63, 3.8) is 0 Å². The number of nitrogens with two attached hydrogens (primary N) is 1. The number of benzene rings is 1. The number of anilines is 3. The van der Waals surface area contributed by atoms with Gasteiger partial charge in [0, 0.05) is 24.2 Å².